The quantitative estimate of drug-likeness (QED) is 0.525. The second-order valence-corrected chi connectivity index (χ2v) is 10.4. The van der Waals surface area contributed by atoms with E-state index in [1.165, 1.54) is 0 Å². The van der Waals surface area contributed by atoms with Gasteiger partial charge in [0, 0.05) is 13.1 Å². The van der Waals surface area contributed by atoms with Crippen molar-refractivity contribution in [3.63, 3.8) is 0 Å². The molecule has 1 fully saturated rings. The molecule has 1 unspecified atom stereocenters. The monoisotopic (exact) mass is 455 g/mol. The predicted octanol–water partition coefficient (Wildman–Crippen LogP) is 2.62. The number of hydrogen-bond donors (Lipinski definition) is 1. The molecule has 10 heteroatoms. The zero-order valence-corrected chi connectivity index (χ0v) is 18.5. The molecule has 0 aliphatic carbocycles. The summed E-state index contributed by atoms with van der Waals surface area (Å²) in [4.78, 5) is 22.2. The largest absolute Gasteiger partial charge is 0.368 e. The maximum absolute atomic E-state index is 12.2. The highest BCUT2D eigenvalue weighted by Crippen LogP contribution is 2.42. The topological polar surface area (TPSA) is 122 Å². The number of thioether (sulfide) groups is 1. The van der Waals surface area contributed by atoms with Crippen molar-refractivity contribution in [3.8, 4) is 6.07 Å². The molecule has 2 aromatic rings. The number of pyridine rings is 1. The molecule has 0 bridgehead atoms. The van der Waals surface area contributed by atoms with Crippen molar-refractivity contribution in [2.24, 2.45) is 5.73 Å². The van der Waals surface area contributed by atoms with E-state index in [1.54, 1.807) is 29.2 Å². The van der Waals surface area contributed by atoms with Crippen LogP contribution in [0.4, 0.5) is 11.5 Å². The van der Waals surface area contributed by atoms with Crippen LogP contribution in [0.1, 0.15) is 28.9 Å². The van der Waals surface area contributed by atoms with Crippen LogP contribution in [0.25, 0.3) is 4.85 Å². The normalized spacial score (nSPS) is 16.2. The van der Waals surface area contributed by atoms with Crippen molar-refractivity contribution in [1.29, 1.82) is 5.26 Å². The second-order valence-electron chi connectivity index (χ2n) is 6.97. The number of sulfone groups is 1. The number of carbonyl (C=O) groups is 1. The third kappa shape index (κ3) is 4.82. The van der Waals surface area contributed by atoms with Gasteiger partial charge in [0.05, 0.1) is 23.6 Å². The van der Waals surface area contributed by atoms with Crippen molar-refractivity contribution < 1.29 is 13.2 Å². The van der Waals surface area contributed by atoms with E-state index in [9.17, 15) is 18.5 Å². The van der Waals surface area contributed by atoms with Gasteiger partial charge in [0.2, 0.25) is 11.6 Å². The Labute approximate surface area is 185 Å². The average Bonchev–Trinajstić information content (AvgIpc) is 2.76. The van der Waals surface area contributed by atoms with E-state index in [4.69, 9.17) is 12.3 Å². The van der Waals surface area contributed by atoms with Crippen molar-refractivity contribution >= 4 is 39.0 Å². The fourth-order valence-electron chi connectivity index (χ4n) is 3.42. The summed E-state index contributed by atoms with van der Waals surface area (Å²) >= 11 is 1.07. The Morgan fingerprint density at radius 2 is 2.00 bits per heavy atom. The molecular weight excluding hydrogens is 434 g/mol. The minimum atomic E-state index is -3.11. The van der Waals surface area contributed by atoms with E-state index >= 15 is 0 Å². The Bertz CT molecular complexity index is 1170. The number of amides is 1. The first kappa shape index (κ1) is 22.6. The molecule has 1 atom stereocenters. The molecule has 0 radical (unpaired) electrons. The predicted molar refractivity (Wildman–Crippen MR) is 120 cm³/mol. The molecule has 0 spiro atoms. The molecule has 1 aliphatic heterocycles. The van der Waals surface area contributed by atoms with Crippen molar-refractivity contribution in [3.05, 3.63) is 58.4 Å². The number of aromatic nitrogens is 1. The molecular formula is C21H21N5O3S2. The van der Waals surface area contributed by atoms with Crippen molar-refractivity contribution in [2.75, 3.05) is 29.5 Å². The van der Waals surface area contributed by atoms with Crippen LogP contribution < -0.4 is 10.6 Å². The third-order valence-corrected chi connectivity index (χ3v) is 7.90. The summed E-state index contributed by atoms with van der Waals surface area (Å²) in [7, 11) is -3.11. The molecule has 1 saturated heterocycles. The van der Waals surface area contributed by atoms with Gasteiger partial charge in [-0.25, -0.2) is 18.2 Å². The van der Waals surface area contributed by atoms with Crippen LogP contribution in [0.15, 0.2) is 35.4 Å². The fourth-order valence-corrected chi connectivity index (χ4v) is 5.68. The molecule has 8 nitrogen and oxygen atoms in total. The number of rotatable bonds is 6. The van der Waals surface area contributed by atoms with Crippen LogP contribution in [-0.2, 0) is 21.1 Å². The molecule has 2 N–H and O–H groups in total. The highest BCUT2D eigenvalue weighted by atomic mass is 32.2. The van der Waals surface area contributed by atoms with E-state index in [1.807, 2.05) is 13.0 Å². The van der Waals surface area contributed by atoms with Gasteiger partial charge in [0.1, 0.15) is 22.2 Å². The standard InChI is InChI=1S/C21H21N5O3S2/c1-3-15-16(13-22)21(30-18(19(23)27)14-7-5-4-6-8-14)25-20(17(15)24-2)26-9-11-31(28,29)12-10-26/h4-8,18H,3,9-12H2,1H3,(H2,23,27). The van der Waals surface area contributed by atoms with Crippen LogP contribution in [0.5, 0.6) is 0 Å². The highest BCUT2D eigenvalue weighted by Gasteiger charge is 2.29. The fraction of sp³-hybridized carbons (Fsp3) is 0.333. The molecule has 3 rings (SSSR count). The number of primary amides is 1. The van der Waals surface area contributed by atoms with Crippen molar-refractivity contribution in [2.45, 2.75) is 23.6 Å². The minimum absolute atomic E-state index is 0.0238. The van der Waals surface area contributed by atoms with E-state index < -0.39 is 21.0 Å². The Hall–Kier alpha value is -3.08. The number of anilines is 1. The molecule has 1 aromatic heterocycles. The molecule has 1 aromatic carbocycles. The van der Waals surface area contributed by atoms with E-state index in [2.05, 4.69) is 15.9 Å². The second kappa shape index (κ2) is 9.38. The lowest BCUT2D eigenvalue weighted by molar-refractivity contribution is -0.117. The van der Waals surface area contributed by atoms with Gasteiger partial charge in [-0.15, -0.1) is 0 Å². The zero-order valence-electron chi connectivity index (χ0n) is 16.9. The Kier molecular flexibility index (Phi) is 6.84. The summed E-state index contributed by atoms with van der Waals surface area (Å²) in [5.74, 6) is -0.270. The molecule has 1 amide bonds. The van der Waals surface area contributed by atoms with Gasteiger partial charge in [-0.3, -0.25) is 4.79 Å². The summed E-state index contributed by atoms with van der Waals surface area (Å²) < 4.78 is 23.7. The van der Waals surface area contributed by atoms with Crippen molar-refractivity contribution in [1.82, 2.24) is 4.98 Å². The number of benzene rings is 1. The summed E-state index contributed by atoms with van der Waals surface area (Å²) in [5.41, 5.74) is 7.36. The number of nitriles is 1. The lowest BCUT2D eigenvalue weighted by atomic mass is 10.1. The van der Waals surface area contributed by atoms with E-state index in [0.29, 0.717) is 28.4 Å². The zero-order chi connectivity index (χ0) is 22.6. The van der Waals surface area contributed by atoms with Gasteiger partial charge in [0.15, 0.2) is 9.84 Å². The van der Waals surface area contributed by atoms with Crippen LogP contribution in [0, 0.1) is 17.9 Å². The van der Waals surface area contributed by atoms with Crippen LogP contribution in [-0.4, -0.2) is 43.9 Å². The maximum atomic E-state index is 12.2. The van der Waals surface area contributed by atoms with E-state index in [0.717, 1.165) is 11.8 Å². The summed E-state index contributed by atoms with van der Waals surface area (Å²) in [5, 5.41) is 9.37. The summed E-state index contributed by atoms with van der Waals surface area (Å²) in [6.07, 6.45) is 0.419. The van der Waals surface area contributed by atoms with Crippen LogP contribution in [0.3, 0.4) is 0 Å². The molecule has 0 saturated carbocycles. The first-order valence-electron chi connectivity index (χ1n) is 9.62. The number of nitrogens with zero attached hydrogens (tertiary/aromatic N) is 4. The number of carbonyl (C=O) groups excluding carboxylic acids is 1. The summed E-state index contributed by atoms with van der Waals surface area (Å²) in [6, 6.07) is 11.1. The molecule has 31 heavy (non-hydrogen) atoms. The SMILES string of the molecule is [C-]#[N+]c1c(N2CCS(=O)(=O)CC2)nc(SC(C(N)=O)c2ccccc2)c(C#N)c1CC. The lowest BCUT2D eigenvalue weighted by Crippen LogP contribution is -2.40. The molecule has 160 valence electrons. The number of nitrogens with two attached hydrogens (primary N) is 1. The van der Waals surface area contributed by atoms with Gasteiger partial charge in [-0.1, -0.05) is 49.0 Å². The third-order valence-electron chi connectivity index (χ3n) is 5.03. The Morgan fingerprint density at radius 1 is 1.35 bits per heavy atom. The average molecular weight is 456 g/mol. The van der Waals surface area contributed by atoms with E-state index in [-0.39, 0.29) is 35.8 Å². The first-order valence-corrected chi connectivity index (χ1v) is 12.3. The first-order chi connectivity index (χ1) is 14.8. The van der Waals surface area contributed by atoms with Gasteiger partial charge < -0.3 is 10.6 Å². The Morgan fingerprint density at radius 3 is 2.52 bits per heavy atom. The highest BCUT2D eigenvalue weighted by molar-refractivity contribution is 8.00. The van der Waals surface area contributed by atoms with Gasteiger partial charge >= 0.3 is 0 Å². The van der Waals surface area contributed by atoms with Crippen LogP contribution >= 0.6 is 11.8 Å². The maximum Gasteiger partial charge on any atom is 0.235 e. The lowest BCUT2D eigenvalue weighted by Gasteiger charge is -2.30. The van der Waals surface area contributed by atoms with Gasteiger partial charge in [0.25, 0.3) is 0 Å². The van der Waals surface area contributed by atoms with Crippen LogP contribution in [0.2, 0.25) is 0 Å². The molecule has 2 heterocycles. The van der Waals surface area contributed by atoms with Gasteiger partial charge in [-0.2, -0.15) is 5.26 Å². The Balaban J connectivity index is 2.12. The minimum Gasteiger partial charge on any atom is -0.368 e. The number of hydrogen-bond acceptors (Lipinski definition) is 7. The summed E-state index contributed by atoms with van der Waals surface area (Å²) in [6.45, 7) is 9.94. The van der Waals surface area contributed by atoms with Gasteiger partial charge in [-0.05, 0) is 17.5 Å². The molecule has 1 aliphatic rings. The smallest absolute Gasteiger partial charge is 0.235 e.